The minimum Gasteiger partial charge on any atom is -0.491 e. The van der Waals surface area contributed by atoms with Gasteiger partial charge in [-0.3, -0.25) is 5.32 Å². The molecule has 0 saturated carbocycles. The first kappa shape index (κ1) is 24.8. The molecule has 34 heavy (non-hydrogen) atoms. The van der Waals surface area contributed by atoms with Crippen LogP contribution in [0.5, 0.6) is 5.75 Å². The van der Waals surface area contributed by atoms with Crippen LogP contribution in [0.15, 0.2) is 78.9 Å². The number of carbonyl (C=O) groups is 2. The highest BCUT2D eigenvalue weighted by Gasteiger charge is 2.26. The summed E-state index contributed by atoms with van der Waals surface area (Å²) in [4.78, 5) is 23.7. The van der Waals surface area contributed by atoms with E-state index in [-0.39, 0.29) is 19.1 Å². The Morgan fingerprint density at radius 1 is 1.03 bits per heavy atom. The predicted octanol–water partition coefficient (Wildman–Crippen LogP) is 5.56. The summed E-state index contributed by atoms with van der Waals surface area (Å²) in [5, 5.41) is 22.7. The van der Waals surface area contributed by atoms with Gasteiger partial charge in [-0.05, 0) is 36.3 Å². The first-order valence-corrected chi connectivity index (χ1v) is 11.2. The number of carboxylic acid groups (broad SMARTS) is 1. The predicted molar refractivity (Wildman–Crippen MR) is 131 cm³/mol. The summed E-state index contributed by atoms with van der Waals surface area (Å²) in [7, 11) is 0. The van der Waals surface area contributed by atoms with Gasteiger partial charge in [0, 0.05) is 17.0 Å². The minimum absolute atomic E-state index is 0.113. The van der Waals surface area contributed by atoms with Crippen molar-refractivity contribution in [1.82, 2.24) is 0 Å². The molecule has 0 aromatic heterocycles. The number of nitrogens with one attached hydrogen (secondary N) is 1. The van der Waals surface area contributed by atoms with Gasteiger partial charge in [0.15, 0.2) is 0 Å². The lowest BCUT2D eigenvalue weighted by Gasteiger charge is -2.26. The lowest BCUT2D eigenvalue weighted by atomic mass is 9.92. The number of aliphatic hydroxyl groups excluding tert-OH is 1. The van der Waals surface area contributed by atoms with Gasteiger partial charge in [0.2, 0.25) is 0 Å². The van der Waals surface area contributed by atoms with Crippen LogP contribution in [0, 0.1) is 5.92 Å². The van der Waals surface area contributed by atoms with Crippen molar-refractivity contribution < 1.29 is 29.3 Å². The zero-order chi connectivity index (χ0) is 24.3. The topological polar surface area (TPSA) is 105 Å². The first-order valence-electron chi connectivity index (χ1n) is 11.2. The molecule has 3 aromatic rings. The Bertz CT molecular complexity index is 1140. The van der Waals surface area contributed by atoms with Crippen LogP contribution < -0.4 is 10.1 Å². The van der Waals surface area contributed by atoms with Crippen molar-refractivity contribution >= 4 is 28.5 Å². The molecule has 0 aliphatic rings. The molecule has 7 nitrogen and oxygen atoms in total. The second-order valence-corrected chi connectivity index (χ2v) is 7.88. The van der Waals surface area contributed by atoms with Crippen molar-refractivity contribution in [1.29, 1.82) is 0 Å². The Morgan fingerprint density at radius 2 is 1.76 bits per heavy atom. The van der Waals surface area contributed by atoms with Crippen molar-refractivity contribution in [3.05, 3.63) is 84.4 Å². The van der Waals surface area contributed by atoms with E-state index >= 15 is 0 Å². The number of benzene rings is 3. The Labute approximate surface area is 198 Å². The molecule has 1 amide bonds. The highest BCUT2D eigenvalue weighted by molar-refractivity contribution is 6.00. The summed E-state index contributed by atoms with van der Waals surface area (Å²) in [6.07, 6.45) is 2.53. The Kier molecular flexibility index (Phi) is 9.05. The Hall–Kier alpha value is -3.84. The van der Waals surface area contributed by atoms with E-state index in [1.54, 1.807) is 12.1 Å². The molecule has 3 N–H and O–H groups in total. The molecule has 178 valence electrons. The van der Waals surface area contributed by atoms with Crippen molar-refractivity contribution in [3.8, 4) is 5.75 Å². The third-order valence-electron chi connectivity index (χ3n) is 5.40. The fraction of sp³-hybridized carbons (Fsp3) is 0.259. The largest absolute Gasteiger partial charge is 0.491 e. The molecule has 0 unspecified atom stereocenters. The molecule has 3 aromatic carbocycles. The van der Waals surface area contributed by atoms with Crippen LogP contribution in [-0.4, -0.2) is 35.5 Å². The Morgan fingerprint density at radius 3 is 2.56 bits per heavy atom. The summed E-state index contributed by atoms with van der Waals surface area (Å²) in [5.74, 6) is -0.624. The third kappa shape index (κ3) is 6.83. The fourth-order valence-corrected chi connectivity index (χ4v) is 3.77. The van der Waals surface area contributed by atoms with Crippen LogP contribution in [-0.2, 0) is 9.53 Å². The number of amides is 1. The van der Waals surface area contributed by atoms with Gasteiger partial charge in [-0.1, -0.05) is 67.6 Å². The normalized spacial score (nSPS) is 12.9. The number of hydrogen-bond acceptors (Lipinski definition) is 5. The molecule has 0 spiro atoms. The molecule has 7 heteroatoms. The number of para-hydroxylation sites is 1. The second-order valence-electron chi connectivity index (χ2n) is 7.88. The van der Waals surface area contributed by atoms with Crippen LogP contribution >= 0.6 is 0 Å². The lowest BCUT2D eigenvalue weighted by molar-refractivity contribution is -0.131. The highest BCUT2D eigenvalue weighted by Crippen LogP contribution is 2.36. The summed E-state index contributed by atoms with van der Waals surface area (Å²) < 4.78 is 11.6. The van der Waals surface area contributed by atoms with E-state index in [1.165, 1.54) is 0 Å². The standard InChI is InChI=1S/C27H29NO6/c1-19(9-2-7-16-25(30)31)26(22-13-5-6-15-24(22)33-18-17-29)34-27(32)28-23-14-8-11-20-10-3-4-12-21(20)23/h3-8,10-16,19,26,29H,2,9,17-18H2,1H3,(H,28,32)(H,30,31)/b16-7+/t19-,26+/m0/s1. The number of anilines is 1. The van der Waals surface area contributed by atoms with E-state index in [0.29, 0.717) is 29.8 Å². The van der Waals surface area contributed by atoms with Gasteiger partial charge in [-0.2, -0.15) is 0 Å². The number of carbonyl (C=O) groups excluding carboxylic acids is 1. The number of carboxylic acids is 1. The molecular weight excluding hydrogens is 434 g/mol. The SMILES string of the molecule is C[C@@H](CC/C=C/C(=O)O)[C@@H](OC(=O)Nc1cccc2ccccc12)c1ccccc1OCCO. The van der Waals surface area contributed by atoms with E-state index in [0.717, 1.165) is 16.8 Å². The average Bonchev–Trinajstić information content (AvgIpc) is 2.84. The maximum atomic E-state index is 13.0. The smallest absolute Gasteiger partial charge is 0.412 e. The van der Waals surface area contributed by atoms with Crippen LogP contribution in [0.2, 0.25) is 0 Å². The molecule has 0 aliphatic heterocycles. The summed E-state index contributed by atoms with van der Waals surface area (Å²) in [5.41, 5.74) is 1.32. The van der Waals surface area contributed by atoms with Gasteiger partial charge < -0.3 is 19.7 Å². The monoisotopic (exact) mass is 463 g/mol. The zero-order valence-electron chi connectivity index (χ0n) is 19.0. The van der Waals surface area contributed by atoms with Gasteiger partial charge in [0.25, 0.3) is 0 Å². The quantitative estimate of drug-likeness (QED) is 0.322. The van der Waals surface area contributed by atoms with Gasteiger partial charge in [0.1, 0.15) is 18.5 Å². The molecular formula is C27H29NO6. The number of rotatable bonds is 11. The lowest BCUT2D eigenvalue weighted by Crippen LogP contribution is -2.23. The minimum atomic E-state index is -1.00. The summed E-state index contributed by atoms with van der Waals surface area (Å²) in [6.45, 7) is 1.91. The number of hydrogen-bond donors (Lipinski definition) is 3. The maximum absolute atomic E-state index is 13.0. The first-order chi connectivity index (χ1) is 16.5. The third-order valence-corrected chi connectivity index (χ3v) is 5.40. The van der Waals surface area contributed by atoms with Crippen molar-refractivity contribution in [2.45, 2.75) is 25.9 Å². The van der Waals surface area contributed by atoms with E-state index in [1.807, 2.05) is 67.6 Å². The fourth-order valence-electron chi connectivity index (χ4n) is 3.77. The van der Waals surface area contributed by atoms with Crippen molar-refractivity contribution in [2.24, 2.45) is 5.92 Å². The van der Waals surface area contributed by atoms with E-state index in [9.17, 15) is 14.7 Å². The number of fused-ring (bicyclic) bond motifs is 1. The number of aliphatic carboxylic acids is 1. The molecule has 0 aliphatic carbocycles. The highest BCUT2D eigenvalue weighted by atomic mass is 16.6. The molecule has 3 rings (SSSR count). The van der Waals surface area contributed by atoms with Crippen molar-refractivity contribution in [3.63, 3.8) is 0 Å². The summed E-state index contributed by atoms with van der Waals surface area (Å²) in [6, 6.07) is 20.6. The van der Waals surface area contributed by atoms with Crippen LogP contribution in [0.25, 0.3) is 10.8 Å². The molecule has 0 heterocycles. The summed E-state index contributed by atoms with van der Waals surface area (Å²) >= 11 is 0. The maximum Gasteiger partial charge on any atom is 0.412 e. The van der Waals surface area contributed by atoms with E-state index < -0.39 is 18.2 Å². The average molecular weight is 464 g/mol. The molecule has 0 bridgehead atoms. The zero-order valence-corrected chi connectivity index (χ0v) is 19.0. The van der Waals surface area contributed by atoms with E-state index in [4.69, 9.17) is 14.6 Å². The van der Waals surface area contributed by atoms with Gasteiger partial charge in [-0.15, -0.1) is 0 Å². The molecule has 2 atom stereocenters. The van der Waals surface area contributed by atoms with Crippen LogP contribution in [0.3, 0.4) is 0 Å². The van der Waals surface area contributed by atoms with Crippen LogP contribution in [0.1, 0.15) is 31.4 Å². The Balaban J connectivity index is 1.83. The number of aliphatic hydroxyl groups is 1. The van der Waals surface area contributed by atoms with Crippen molar-refractivity contribution in [2.75, 3.05) is 18.5 Å². The number of allylic oxidation sites excluding steroid dienone is 1. The molecule has 0 fully saturated rings. The molecule has 0 saturated heterocycles. The van der Waals surface area contributed by atoms with Crippen LogP contribution in [0.4, 0.5) is 10.5 Å². The van der Waals surface area contributed by atoms with Gasteiger partial charge in [0.05, 0.1) is 12.3 Å². The van der Waals surface area contributed by atoms with E-state index in [2.05, 4.69) is 5.32 Å². The second kappa shape index (κ2) is 12.4. The molecule has 0 radical (unpaired) electrons. The number of ether oxygens (including phenoxy) is 2. The van der Waals surface area contributed by atoms with Gasteiger partial charge >= 0.3 is 12.1 Å². The van der Waals surface area contributed by atoms with Gasteiger partial charge in [-0.25, -0.2) is 9.59 Å².